The van der Waals surface area contributed by atoms with Crippen molar-refractivity contribution in [1.29, 1.82) is 0 Å². The van der Waals surface area contributed by atoms with Crippen LogP contribution in [0.5, 0.6) is 5.75 Å². The molecule has 1 aliphatic heterocycles. The second-order valence-corrected chi connectivity index (χ2v) is 6.49. The van der Waals surface area contributed by atoms with E-state index >= 15 is 0 Å². The number of hydrogen-bond donors (Lipinski definition) is 0. The molecular formula is C20H23FN2O2. The van der Waals surface area contributed by atoms with Gasteiger partial charge in [-0.1, -0.05) is 0 Å². The molecule has 5 heteroatoms. The van der Waals surface area contributed by atoms with Gasteiger partial charge in [-0.2, -0.15) is 0 Å². The number of nitrogens with zero attached hydrogens (tertiary/aromatic N) is 2. The number of likely N-dealkylation sites (tertiary alicyclic amines) is 1. The van der Waals surface area contributed by atoms with Crippen molar-refractivity contribution in [3.05, 3.63) is 59.2 Å². The Hall–Kier alpha value is -2.43. The smallest absolute Gasteiger partial charge is 0.254 e. The number of hydrogen-bond acceptors (Lipinski definition) is 3. The van der Waals surface area contributed by atoms with Gasteiger partial charge in [0.15, 0.2) is 11.6 Å². The molecule has 25 heavy (non-hydrogen) atoms. The normalized spacial score (nSPS) is 16.9. The zero-order valence-corrected chi connectivity index (χ0v) is 14.7. The van der Waals surface area contributed by atoms with Crippen LogP contribution in [0.4, 0.5) is 4.39 Å². The minimum absolute atomic E-state index is 0.102. The summed E-state index contributed by atoms with van der Waals surface area (Å²) < 4.78 is 18.8. The van der Waals surface area contributed by atoms with Crippen LogP contribution in [-0.4, -0.2) is 35.5 Å². The Morgan fingerprint density at radius 3 is 2.92 bits per heavy atom. The molecule has 2 aromatic rings. The number of aryl methyl sites for hydroxylation is 2. The first-order chi connectivity index (χ1) is 12.1. The van der Waals surface area contributed by atoms with Crippen LogP contribution in [0.1, 0.15) is 40.9 Å². The van der Waals surface area contributed by atoms with Crippen LogP contribution in [0.15, 0.2) is 36.5 Å². The van der Waals surface area contributed by atoms with Gasteiger partial charge in [-0.05, 0) is 68.5 Å². The highest BCUT2D eigenvalue weighted by molar-refractivity contribution is 5.94. The molecule has 0 bridgehead atoms. The Morgan fingerprint density at radius 2 is 2.20 bits per heavy atom. The third-order valence-electron chi connectivity index (χ3n) is 4.76. The first-order valence-electron chi connectivity index (χ1n) is 8.64. The van der Waals surface area contributed by atoms with Gasteiger partial charge >= 0.3 is 0 Å². The molecular weight excluding hydrogens is 319 g/mol. The lowest BCUT2D eigenvalue weighted by molar-refractivity contribution is 0.0730. The van der Waals surface area contributed by atoms with Crippen LogP contribution in [0, 0.1) is 12.7 Å². The van der Waals surface area contributed by atoms with Crippen molar-refractivity contribution in [3.8, 4) is 5.75 Å². The number of carbonyl (C=O) groups excluding carboxylic acids is 1. The number of pyridine rings is 1. The second kappa shape index (κ2) is 7.64. The Kier molecular flexibility index (Phi) is 5.31. The van der Waals surface area contributed by atoms with E-state index in [4.69, 9.17) is 4.74 Å². The molecule has 0 unspecified atom stereocenters. The van der Waals surface area contributed by atoms with Crippen LogP contribution in [-0.2, 0) is 6.42 Å². The van der Waals surface area contributed by atoms with E-state index in [-0.39, 0.29) is 17.7 Å². The minimum atomic E-state index is -0.503. The van der Waals surface area contributed by atoms with E-state index < -0.39 is 5.82 Å². The first kappa shape index (κ1) is 17.4. The fraction of sp³-hybridized carbons (Fsp3) is 0.400. The van der Waals surface area contributed by atoms with E-state index in [9.17, 15) is 9.18 Å². The van der Waals surface area contributed by atoms with Gasteiger partial charge in [-0.3, -0.25) is 9.78 Å². The molecule has 2 heterocycles. The highest BCUT2D eigenvalue weighted by Crippen LogP contribution is 2.26. The number of aromatic nitrogens is 1. The molecule has 132 valence electrons. The number of methoxy groups -OCH3 is 1. The Morgan fingerprint density at radius 1 is 1.36 bits per heavy atom. The summed E-state index contributed by atoms with van der Waals surface area (Å²) in [4.78, 5) is 18.9. The SMILES string of the molecule is COc1ccc(C(=O)N2CCC[C@@H]2CCc2ccnc(C)c2)cc1F. The molecule has 1 atom stereocenters. The summed E-state index contributed by atoms with van der Waals surface area (Å²) in [6.07, 6.45) is 5.63. The molecule has 1 aromatic heterocycles. The lowest BCUT2D eigenvalue weighted by atomic mass is 10.0. The van der Waals surface area contributed by atoms with Crippen LogP contribution >= 0.6 is 0 Å². The van der Waals surface area contributed by atoms with Gasteiger partial charge in [0.05, 0.1) is 7.11 Å². The number of halogens is 1. The van der Waals surface area contributed by atoms with Crippen LogP contribution < -0.4 is 4.74 Å². The minimum Gasteiger partial charge on any atom is -0.494 e. The van der Waals surface area contributed by atoms with E-state index in [0.29, 0.717) is 5.56 Å². The fourth-order valence-electron chi connectivity index (χ4n) is 3.46. The predicted octanol–water partition coefficient (Wildman–Crippen LogP) is 3.78. The molecule has 1 aromatic carbocycles. The summed E-state index contributed by atoms with van der Waals surface area (Å²) >= 11 is 0. The van der Waals surface area contributed by atoms with Gasteiger partial charge in [-0.15, -0.1) is 0 Å². The Bertz CT molecular complexity index is 763. The van der Waals surface area contributed by atoms with Gasteiger partial charge in [0.1, 0.15) is 0 Å². The van der Waals surface area contributed by atoms with Gasteiger partial charge in [0.25, 0.3) is 5.91 Å². The molecule has 1 fully saturated rings. The third kappa shape index (κ3) is 3.98. The van der Waals surface area contributed by atoms with E-state index in [1.54, 1.807) is 6.07 Å². The van der Waals surface area contributed by atoms with Crippen LogP contribution in [0.25, 0.3) is 0 Å². The Balaban J connectivity index is 1.68. The lowest BCUT2D eigenvalue weighted by Crippen LogP contribution is -2.35. The molecule has 4 nitrogen and oxygen atoms in total. The van der Waals surface area contributed by atoms with Crippen molar-refractivity contribution < 1.29 is 13.9 Å². The predicted molar refractivity (Wildman–Crippen MR) is 94.3 cm³/mol. The highest BCUT2D eigenvalue weighted by Gasteiger charge is 2.29. The summed E-state index contributed by atoms with van der Waals surface area (Å²) in [6.45, 7) is 2.71. The Labute approximate surface area is 147 Å². The lowest BCUT2D eigenvalue weighted by Gasteiger charge is -2.25. The zero-order chi connectivity index (χ0) is 17.8. The summed E-state index contributed by atoms with van der Waals surface area (Å²) in [5.41, 5.74) is 2.62. The first-order valence-corrected chi connectivity index (χ1v) is 8.64. The van der Waals surface area contributed by atoms with E-state index in [1.807, 2.05) is 24.1 Å². The van der Waals surface area contributed by atoms with Crippen molar-refractivity contribution in [1.82, 2.24) is 9.88 Å². The van der Waals surface area contributed by atoms with Gasteiger partial charge in [0, 0.05) is 30.0 Å². The maximum atomic E-state index is 13.9. The number of benzene rings is 1. The molecule has 1 saturated heterocycles. The van der Waals surface area contributed by atoms with E-state index in [1.165, 1.54) is 24.8 Å². The van der Waals surface area contributed by atoms with Gasteiger partial charge in [0.2, 0.25) is 0 Å². The summed E-state index contributed by atoms with van der Waals surface area (Å²) in [5.74, 6) is -0.450. The molecule has 0 saturated carbocycles. The topological polar surface area (TPSA) is 42.4 Å². The average Bonchev–Trinajstić information content (AvgIpc) is 3.08. The maximum absolute atomic E-state index is 13.9. The molecule has 0 radical (unpaired) electrons. The molecule has 3 rings (SSSR count). The summed E-state index contributed by atoms with van der Waals surface area (Å²) in [5, 5.41) is 0. The van der Waals surface area contributed by atoms with Crippen LogP contribution in [0.3, 0.4) is 0 Å². The number of rotatable bonds is 5. The number of carbonyl (C=O) groups is 1. The molecule has 1 amide bonds. The number of ether oxygens (including phenoxy) is 1. The summed E-state index contributed by atoms with van der Waals surface area (Å²) in [6, 6.07) is 8.71. The maximum Gasteiger partial charge on any atom is 0.254 e. The quantitative estimate of drug-likeness (QED) is 0.830. The van der Waals surface area contributed by atoms with E-state index in [2.05, 4.69) is 11.1 Å². The highest BCUT2D eigenvalue weighted by atomic mass is 19.1. The standard InChI is InChI=1S/C20H23FN2O2/c1-14-12-15(9-10-22-14)5-7-17-4-3-11-23(17)20(24)16-6-8-19(25-2)18(21)13-16/h6,8-10,12-13,17H,3-5,7,11H2,1-2H3/t17-/m1/s1. The van der Waals surface area contributed by atoms with E-state index in [0.717, 1.165) is 37.9 Å². The molecule has 1 aliphatic rings. The van der Waals surface area contributed by atoms with Crippen molar-refractivity contribution in [3.63, 3.8) is 0 Å². The molecule has 0 aliphatic carbocycles. The van der Waals surface area contributed by atoms with Crippen LogP contribution in [0.2, 0.25) is 0 Å². The summed E-state index contributed by atoms with van der Waals surface area (Å²) in [7, 11) is 1.41. The largest absolute Gasteiger partial charge is 0.494 e. The average molecular weight is 342 g/mol. The molecule has 0 spiro atoms. The monoisotopic (exact) mass is 342 g/mol. The van der Waals surface area contributed by atoms with Crippen molar-refractivity contribution in [2.45, 2.75) is 38.6 Å². The zero-order valence-electron chi connectivity index (χ0n) is 14.7. The molecule has 0 N–H and O–H groups in total. The third-order valence-corrected chi connectivity index (χ3v) is 4.76. The van der Waals surface area contributed by atoms with Crippen molar-refractivity contribution in [2.75, 3.05) is 13.7 Å². The fourth-order valence-corrected chi connectivity index (χ4v) is 3.46. The van der Waals surface area contributed by atoms with Crippen molar-refractivity contribution in [2.24, 2.45) is 0 Å². The number of amides is 1. The van der Waals surface area contributed by atoms with Crippen molar-refractivity contribution >= 4 is 5.91 Å². The second-order valence-electron chi connectivity index (χ2n) is 6.49. The van der Waals surface area contributed by atoms with Gasteiger partial charge < -0.3 is 9.64 Å². The van der Waals surface area contributed by atoms with Gasteiger partial charge in [-0.25, -0.2) is 4.39 Å².